The van der Waals surface area contributed by atoms with Gasteiger partial charge in [-0.2, -0.15) is 0 Å². The molecule has 0 spiro atoms. The van der Waals surface area contributed by atoms with Gasteiger partial charge in [0.2, 0.25) is 0 Å². The first-order valence-electron chi connectivity index (χ1n) is 8.18. The van der Waals surface area contributed by atoms with E-state index < -0.39 is 0 Å². The number of nitrogens with one attached hydrogen (secondary N) is 1. The van der Waals surface area contributed by atoms with Crippen LogP contribution in [0, 0.1) is 6.92 Å². The monoisotopic (exact) mass is 279 g/mol. The number of hydrogen-bond acceptors (Lipinski definition) is 1. The summed E-state index contributed by atoms with van der Waals surface area (Å²) in [7, 11) is 0. The van der Waals surface area contributed by atoms with Gasteiger partial charge in [-0.15, -0.1) is 0 Å². The topological polar surface area (TPSA) is 12.0 Å². The van der Waals surface area contributed by atoms with E-state index in [1.165, 1.54) is 41.6 Å². The van der Waals surface area contributed by atoms with Crippen LogP contribution in [0.1, 0.15) is 48.8 Å². The Morgan fingerprint density at radius 2 is 1.71 bits per heavy atom. The van der Waals surface area contributed by atoms with Gasteiger partial charge in [-0.1, -0.05) is 55.8 Å². The zero-order valence-electron chi connectivity index (χ0n) is 13.1. The van der Waals surface area contributed by atoms with Crippen molar-refractivity contribution in [1.82, 2.24) is 0 Å². The van der Waals surface area contributed by atoms with Crippen LogP contribution in [0.3, 0.4) is 0 Å². The van der Waals surface area contributed by atoms with Crippen LogP contribution in [0.5, 0.6) is 0 Å². The molecule has 0 unspecified atom stereocenters. The van der Waals surface area contributed by atoms with E-state index in [0.29, 0.717) is 6.04 Å². The first-order valence-corrected chi connectivity index (χ1v) is 8.18. The van der Waals surface area contributed by atoms with E-state index in [1.807, 2.05) is 0 Å². The lowest BCUT2D eigenvalue weighted by Crippen LogP contribution is -2.34. The number of rotatable bonds is 5. The summed E-state index contributed by atoms with van der Waals surface area (Å²) in [4.78, 5) is 0. The fraction of sp³-hybridized carbons (Fsp3) is 0.400. The zero-order valence-corrected chi connectivity index (χ0v) is 13.1. The van der Waals surface area contributed by atoms with Gasteiger partial charge in [0.15, 0.2) is 0 Å². The Labute approximate surface area is 128 Å². The molecular formula is C20H25N. The Balaban J connectivity index is 1.62. The quantitative estimate of drug-likeness (QED) is 0.782. The second-order valence-electron chi connectivity index (χ2n) is 6.27. The molecule has 0 bridgehead atoms. The third-order valence-corrected chi connectivity index (χ3v) is 4.66. The van der Waals surface area contributed by atoms with Crippen LogP contribution >= 0.6 is 0 Å². The Kier molecular flexibility index (Phi) is 4.28. The number of aryl methyl sites for hydroxylation is 2. The van der Waals surface area contributed by atoms with Crippen molar-refractivity contribution in [3.63, 3.8) is 0 Å². The van der Waals surface area contributed by atoms with Crippen LogP contribution in [0.4, 0.5) is 5.69 Å². The van der Waals surface area contributed by atoms with Crippen molar-refractivity contribution in [3.8, 4) is 0 Å². The predicted octanol–water partition coefficient (Wildman–Crippen LogP) is 5.31. The fourth-order valence-electron chi connectivity index (χ4n) is 3.40. The summed E-state index contributed by atoms with van der Waals surface area (Å²) in [6.45, 7) is 4.47. The van der Waals surface area contributed by atoms with Crippen LogP contribution in [-0.4, -0.2) is 6.04 Å². The highest BCUT2D eigenvalue weighted by Gasteiger charge is 2.31. The maximum Gasteiger partial charge on any atom is 0.0374 e. The Morgan fingerprint density at radius 3 is 2.48 bits per heavy atom. The summed E-state index contributed by atoms with van der Waals surface area (Å²) in [6, 6.07) is 18.2. The minimum atomic E-state index is 0.632. The largest absolute Gasteiger partial charge is 0.382 e. The summed E-state index contributed by atoms with van der Waals surface area (Å²) < 4.78 is 0. The van der Waals surface area contributed by atoms with Crippen molar-refractivity contribution in [2.24, 2.45) is 0 Å². The molecule has 110 valence electrons. The van der Waals surface area contributed by atoms with Crippen molar-refractivity contribution in [3.05, 3.63) is 65.2 Å². The molecule has 21 heavy (non-hydrogen) atoms. The maximum absolute atomic E-state index is 3.75. The van der Waals surface area contributed by atoms with Crippen LogP contribution in [0.25, 0.3) is 0 Å². The molecule has 0 amide bonds. The fourth-order valence-corrected chi connectivity index (χ4v) is 3.40. The van der Waals surface area contributed by atoms with Gasteiger partial charge in [0.1, 0.15) is 0 Å². The number of anilines is 1. The van der Waals surface area contributed by atoms with Crippen molar-refractivity contribution in [1.29, 1.82) is 0 Å². The predicted molar refractivity (Wildman–Crippen MR) is 91.0 cm³/mol. The van der Waals surface area contributed by atoms with Crippen LogP contribution in [0.15, 0.2) is 48.5 Å². The standard InChI is InChI=1S/C20H25N/c1-3-8-16-10-5-7-12-20(16)21-18-13-17(14-18)19-11-6-4-9-15(19)2/h4-7,9-12,17-18,21H,3,8,13-14H2,1-2H3. The Hall–Kier alpha value is -1.76. The van der Waals surface area contributed by atoms with Gasteiger partial charge in [0, 0.05) is 11.7 Å². The number of para-hydroxylation sites is 1. The third kappa shape index (κ3) is 3.12. The van der Waals surface area contributed by atoms with Gasteiger partial charge >= 0.3 is 0 Å². The van der Waals surface area contributed by atoms with E-state index in [0.717, 1.165) is 12.3 Å². The van der Waals surface area contributed by atoms with Crippen molar-refractivity contribution >= 4 is 5.69 Å². The first kappa shape index (κ1) is 14.2. The number of hydrogen-bond donors (Lipinski definition) is 1. The third-order valence-electron chi connectivity index (χ3n) is 4.66. The van der Waals surface area contributed by atoms with E-state index in [9.17, 15) is 0 Å². The van der Waals surface area contributed by atoms with Gasteiger partial charge < -0.3 is 5.32 Å². The lowest BCUT2D eigenvalue weighted by atomic mass is 9.74. The van der Waals surface area contributed by atoms with E-state index in [-0.39, 0.29) is 0 Å². The average Bonchev–Trinajstić information content (AvgIpc) is 2.45. The molecule has 2 aromatic carbocycles. The molecule has 1 N–H and O–H groups in total. The van der Waals surface area contributed by atoms with E-state index >= 15 is 0 Å². The molecule has 1 fully saturated rings. The van der Waals surface area contributed by atoms with Crippen molar-refractivity contribution in [2.45, 2.75) is 51.5 Å². The van der Waals surface area contributed by atoms with Crippen molar-refractivity contribution < 1.29 is 0 Å². The normalized spacial score (nSPS) is 20.9. The Morgan fingerprint density at radius 1 is 1.00 bits per heavy atom. The highest BCUT2D eigenvalue weighted by atomic mass is 14.9. The zero-order chi connectivity index (χ0) is 14.7. The average molecular weight is 279 g/mol. The minimum absolute atomic E-state index is 0.632. The molecule has 0 aromatic heterocycles. The molecule has 1 aliphatic rings. The molecular weight excluding hydrogens is 254 g/mol. The van der Waals surface area contributed by atoms with E-state index in [2.05, 4.69) is 67.7 Å². The molecule has 1 heteroatoms. The van der Waals surface area contributed by atoms with Crippen LogP contribution < -0.4 is 5.32 Å². The Bertz CT molecular complexity index is 596. The molecule has 2 aromatic rings. The minimum Gasteiger partial charge on any atom is -0.382 e. The maximum atomic E-state index is 3.75. The van der Waals surface area contributed by atoms with Gasteiger partial charge in [-0.3, -0.25) is 0 Å². The second-order valence-corrected chi connectivity index (χ2v) is 6.27. The lowest BCUT2D eigenvalue weighted by Gasteiger charge is -2.38. The molecule has 0 saturated heterocycles. The van der Waals surface area contributed by atoms with Crippen LogP contribution in [0.2, 0.25) is 0 Å². The highest BCUT2D eigenvalue weighted by Crippen LogP contribution is 2.40. The van der Waals surface area contributed by atoms with Gasteiger partial charge in [0.25, 0.3) is 0 Å². The van der Waals surface area contributed by atoms with Gasteiger partial charge in [-0.25, -0.2) is 0 Å². The SMILES string of the molecule is CCCc1ccccc1NC1CC(c2ccccc2C)C1. The first-order chi connectivity index (χ1) is 10.3. The van der Waals surface area contributed by atoms with Gasteiger partial charge in [-0.05, 0) is 54.9 Å². The number of benzene rings is 2. The second kappa shape index (κ2) is 6.34. The molecule has 0 radical (unpaired) electrons. The summed E-state index contributed by atoms with van der Waals surface area (Å²) in [5, 5.41) is 3.75. The summed E-state index contributed by atoms with van der Waals surface area (Å²) in [5.74, 6) is 0.738. The molecule has 1 aliphatic carbocycles. The highest BCUT2D eigenvalue weighted by molar-refractivity contribution is 5.52. The summed E-state index contributed by atoms with van der Waals surface area (Å²) in [5.41, 5.74) is 5.77. The molecule has 1 saturated carbocycles. The molecule has 0 heterocycles. The molecule has 3 rings (SSSR count). The molecule has 1 nitrogen and oxygen atoms in total. The van der Waals surface area contributed by atoms with Crippen LogP contribution in [-0.2, 0) is 6.42 Å². The van der Waals surface area contributed by atoms with E-state index in [1.54, 1.807) is 0 Å². The summed E-state index contributed by atoms with van der Waals surface area (Å²) in [6.07, 6.45) is 4.88. The lowest BCUT2D eigenvalue weighted by molar-refractivity contribution is 0.373. The van der Waals surface area contributed by atoms with E-state index in [4.69, 9.17) is 0 Å². The van der Waals surface area contributed by atoms with Crippen molar-refractivity contribution in [2.75, 3.05) is 5.32 Å². The summed E-state index contributed by atoms with van der Waals surface area (Å²) >= 11 is 0. The van der Waals surface area contributed by atoms with Gasteiger partial charge in [0.05, 0.1) is 0 Å². The molecule has 0 aliphatic heterocycles. The molecule has 0 atom stereocenters. The smallest absolute Gasteiger partial charge is 0.0374 e.